The van der Waals surface area contributed by atoms with Gasteiger partial charge in [-0.3, -0.25) is 0 Å². The fourth-order valence-corrected chi connectivity index (χ4v) is 1.54. The fraction of sp³-hybridized carbons (Fsp3) is 0.400. The van der Waals surface area contributed by atoms with Crippen molar-refractivity contribution in [3.63, 3.8) is 0 Å². The maximum atomic E-state index is 3.77. The van der Waals surface area contributed by atoms with Crippen LogP contribution in [0, 0.1) is 0 Å². The minimum Gasteiger partial charge on any atom is -0.129 e. The van der Waals surface area contributed by atoms with Crippen LogP contribution >= 0.6 is 11.8 Å². The molecule has 0 fully saturated rings. The molecule has 0 spiro atoms. The van der Waals surface area contributed by atoms with E-state index in [2.05, 4.69) is 38.8 Å². The number of thioether (sulfide) groups is 1. The van der Waals surface area contributed by atoms with E-state index in [-0.39, 0.29) is 0 Å². The summed E-state index contributed by atoms with van der Waals surface area (Å²) in [7, 11) is 0. The van der Waals surface area contributed by atoms with Crippen LogP contribution in [0.3, 0.4) is 0 Å². The van der Waals surface area contributed by atoms with Gasteiger partial charge in [0, 0.05) is 4.91 Å². The largest absolute Gasteiger partial charge is 0.129 e. The Bertz CT molecular complexity index is 175. The summed E-state index contributed by atoms with van der Waals surface area (Å²) >= 11 is 1.76. The van der Waals surface area contributed by atoms with Gasteiger partial charge in [0.2, 0.25) is 0 Å². The monoisotopic (exact) mass is 168 g/mol. The van der Waals surface area contributed by atoms with E-state index in [1.807, 2.05) is 6.08 Å². The lowest BCUT2D eigenvalue weighted by Gasteiger charge is -2.02. The normalized spacial score (nSPS) is 13.4. The van der Waals surface area contributed by atoms with Crippen molar-refractivity contribution in [2.75, 3.05) is 6.26 Å². The summed E-state index contributed by atoms with van der Waals surface area (Å²) in [6.45, 7) is 7.96. The summed E-state index contributed by atoms with van der Waals surface area (Å²) in [5, 5.41) is 0. The minimum absolute atomic E-state index is 1.07. The molecule has 0 aromatic rings. The zero-order chi connectivity index (χ0) is 8.69. The first kappa shape index (κ1) is 10.6. The van der Waals surface area contributed by atoms with Gasteiger partial charge in [-0.15, -0.1) is 11.8 Å². The second-order valence-electron chi connectivity index (χ2n) is 2.13. The Kier molecular flexibility index (Phi) is 6.05. The molecule has 11 heavy (non-hydrogen) atoms. The van der Waals surface area contributed by atoms with E-state index >= 15 is 0 Å². The molecule has 0 aromatic carbocycles. The van der Waals surface area contributed by atoms with Gasteiger partial charge in [-0.2, -0.15) is 0 Å². The summed E-state index contributed by atoms with van der Waals surface area (Å²) in [6.07, 6.45) is 9.38. The Morgan fingerprint density at radius 3 is 2.45 bits per heavy atom. The Morgan fingerprint density at radius 1 is 1.55 bits per heavy atom. The molecule has 0 aliphatic carbocycles. The van der Waals surface area contributed by atoms with E-state index in [9.17, 15) is 0 Å². The molecule has 0 aliphatic rings. The summed E-state index contributed by atoms with van der Waals surface area (Å²) in [5.41, 5.74) is 1.25. The third kappa shape index (κ3) is 3.47. The van der Waals surface area contributed by atoms with Crippen LogP contribution in [0.15, 0.2) is 35.3 Å². The highest BCUT2D eigenvalue weighted by atomic mass is 32.2. The topological polar surface area (TPSA) is 0 Å². The van der Waals surface area contributed by atoms with Crippen LogP contribution in [0.1, 0.15) is 20.3 Å². The summed E-state index contributed by atoms with van der Waals surface area (Å²) < 4.78 is 0. The average Bonchev–Trinajstić information content (AvgIpc) is 2.05. The van der Waals surface area contributed by atoms with E-state index in [4.69, 9.17) is 0 Å². The molecule has 0 unspecified atom stereocenters. The molecular formula is C10H16S. The number of rotatable bonds is 4. The van der Waals surface area contributed by atoms with E-state index in [1.54, 1.807) is 11.8 Å². The molecule has 0 aromatic heterocycles. The van der Waals surface area contributed by atoms with Crippen molar-refractivity contribution in [3.8, 4) is 0 Å². The first-order chi connectivity index (χ1) is 5.29. The first-order valence-electron chi connectivity index (χ1n) is 3.83. The highest BCUT2D eigenvalue weighted by Crippen LogP contribution is 2.22. The SMILES string of the molecule is C=CC(=C/CC)/C(=C\C)SC. The summed E-state index contributed by atoms with van der Waals surface area (Å²) in [5.74, 6) is 0. The van der Waals surface area contributed by atoms with Crippen LogP contribution in [-0.2, 0) is 0 Å². The predicted octanol–water partition coefficient (Wildman–Crippen LogP) is 3.78. The van der Waals surface area contributed by atoms with E-state index < -0.39 is 0 Å². The van der Waals surface area contributed by atoms with Crippen molar-refractivity contribution in [2.24, 2.45) is 0 Å². The molecule has 62 valence electrons. The molecule has 0 saturated carbocycles. The van der Waals surface area contributed by atoms with Crippen molar-refractivity contribution in [2.45, 2.75) is 20.3 Å². The van der Waals surface area contributed by atoms with Gasteiger partial charge in [-0.05, 0) is 25.2 Å². The molecule has 0 N–H and O–H groups in total. The minimum atomic E-state index is 1.07. The van der Waals surface area contributed by atoms with Gasteiger partial charge < -0.3 is 0 Å². The maximum Gasteiger partial charge on any atom is 0.00955 e. The van der Waals surface area contributed by atoms with Crippen LogP contribution in [0.4, 0.5) is 0 Å². The smallest absolute Gasteiger partial charge is 0.00955 e. The molecule has 0 atom stereocenters. The molecular weight excluding hydrogens is 152 g/mol. The first-order valence-corrected chi connectivity index (χ1v) is 5.05. The molecule has 0 bridgehead atoms. The molecule has 0 amide bonds. The predicted molar refractivity (Wildman–Crippen MR) is 55.8 cm³/mol. The number of hydrogen-bond donors (Lipinski definition) is 0. The lowest BCUT2D eigenvalue weighted by molar-refractivity contribution is 1.21. The standard InChI is InChI=1S/C10H16S/c1-5-8-9(6-2)10(7-3)11-4/h6-8H,2,5H2,1,3-4H3/b9-8-,10-7+. The second kappa shape index (κ2) is 6.29. The van der Waals surface area contributed by atoms with Crippen LogP contribution in [0.25, 0.3) is 0 Å². The van der Waals surface area contributed by atoms with Gasteiger partial charge >= 0.3 is 0 Å². The quantitative estimate of drug-likeness (QED) is 0.576. The van der Waals surface area contributed by atoms with Crippen LogP contribution < -0.4 is 0 Å². The Balaban J connectivity index is 4.48. The number of allylic oxidation sites excluding steroid dienone is 4. The Hall–Kier alpha value is -0.430. The summed E-state index contributed by atoms with van der Waals surface area (Å²) in [6, 6.07) is 0. The van der Waals surface area contributed by atoms with Crippen molar-refractivity contribution in [1.29, 1.82) is 0 Å². The lowest BCUT2D eigenvalue weighted by Crippen LogP contribution is -1.79. The molecule has 0 saturated heterocycles. The molecule has 0 radical (unpaired) electrons. The highest BCUT2D eigenvalue weighted by molar-refractivity contribution is 8.02. The Morgan fingerprint density at radius 2 is 2.18 bits per heavy atom. The Labute approximate surface area is 74.1 Å². The van der Waals surface area contributed by atoms with Crippen LogP contribution in [0.5, 0.6) is 0 Å². The average molecular weight is 168 g/mol. The molecule has 0 nitrogen and oxygen atoms in total. The maximum absolute atomic E-state index is 3.77. The third-order valence-corrected chi connectivity index (χ3v) is 2.32. The van der Waals surface area contributed by atoms with Crippen molar-refractivity contribution >= 4 is 11.8 Å². The zero-order valence-corrected chi connectivity index (χ0v) is 8.37. The van der Waals surface area contributed by atoms with Crippen molar-refractivity contribution < 1.29 is 0 Å². The van der Waals surface area contributed by atoms with Crippen LogP contribution in [0.2, 0.25) is 0 Å². The summed E-state index contributed by atoms with van der Waals surface area (Å²) in [4.78, 5) is 1.31. The third-order valence-electron chi connectivity index (χ3n) is 1.41. The molecule has 0 rings (SSSR count). The van der Waals surface area contributed by atoms with Gasteiger partial charge in [-0.1, -0.05) is 31.7 Å². The molecule has 1 heteroatoms. The van der Waals surface area contributed by atoms with Gasteiger partial charge in [0.25, 0.3) is 0 Å². The number of hydrogen-bond acceptors (Lipinski definition) is 1. The van der Waals surface area contributed by atoms with Gasteiger partial charge in [0.1, 0.15) is 0 Å². The van der Waals surface area contributed by atoms with Crippen LogP contribution in [-0.4, -0.2) is 6.26 Å². The van der Waals surface area contributed by atoms with Gasteiger partial charge in [0.15, 0.2) is 0 Å². The van der Waals surface area contributed by atoms with E-state index in [0.29, 0.717) is 0 Å². The van der Waals surface area contributed by atoms with Crippen molar-refractivity contribution in [3.05, 3.63) is 35.3 Å². The molecule has 0 heterocycles. The van der Waals surface area contributed by atoms with Gasteiger partial charge in [-0.25, -0.2) is 0 Å². The highest BCUT2D eigenvalue weighted by Gasteiger charge is 1.95. The van der Waals surface area contributed by atoms with E-state index in [0.717, 1.165) is 6.42 Å². The molecule has 0 aliphatic heterocycles. The van der Waals surface area contributed by atoms with Crippen molar-refractivity contribution in [1.82, 2.24) is 0 Å². The second-order valence-corrected chi connectivity index (χ2v) is 2.98. The zero-order valence-electron chi connectivity index (χ0n) is 7.55. The van der Waals surface area contributed by atoms with Gasteiger partial charge in [0.05, 0.1) is 0 Å². The van der Waals surface area contributed by atoms with E-state index in [1.165, 1.54) is 10.5 Å². The fourth-order valence-electron chi connectivity index (χ4n) is 0.907. The lowest BCUT2D eigenvalue weighted by atomic mass is 10.2.